The number of benzene rings is 3. The van der Waals surface area contributed by atoms with Crippen molar-refractivity contribution < 1.29 is 29.4 Å². The number of hydrogen-bond donors (Lipinski definition) is 5. The number of nitrogens with zero attached hydrogens (tertiary/aromatic N) is 2. The molecular formula is C35H41N5O7. The van der Waals surface area contributed by atoms with E-state index in [-0.39, 0.29) is 49.3 Å². The average molecular weight is 644 g/mol. The van der Waals surface area contributed by atoms with Crippen LogP contribution in [0.1, 0.15) is 73.7 Å². The van der Waals surface area contributed by atoms with Crippen LogP contribution in [0.15, 0.2) is 77.6 Å². The lowest BCUT2D eigenvalue weighted by Crippen LogP contribution is -2.43. The Labute approximate surface area is 272 Å². The van der Waals surface area contributed by atoms with Crippen LogP contribution in [0, 0.1) is 0 Å². The molecule has 0 aliphatic carbocycles. The van der Waals surface area contributed by atoms with Crippen molar-refractivity contribution in [1.29, 1.82) is 0 Å². The van der Waals surface area contributed by atoms with E-state index >= 15 is 0 Å². The number of aromatic amines is 1. The molecule has 12 heteroatoms. The van der Waals surface area contributed by atoms with E-state index in [9.17, 15) is 19.5 Å². The van der Waals surface area contributed by atoms with Crippen LogP contribution in [0.25, 0.3) is 11.0 Å². The lowest BCUT2D eigenvalue weighted by Gasteiger charge is -2.40. The van der Waals surface area contributed by atoms with E-state index in [2.05, 4.69) is 15.2 Å². The Bertz CT molecular complexity index is 1730. The highest BCUT2D eigenvalue weighted by molar-refractivity contribution is 5.91. The fraction of sp³-hybridized carbons (Fsp3) is 0.400. The minimum Gasteiger partial charge on any atom is -0.392 e. The minimum atomic E-state index is -0.677. The molecule has 3 aromatic carbocycles. The Morgan fingerprint density at radius 2 is 1.68 bits per heavy atom. The summed E-state index contributed by atoms with van der Waals surface area (Å²) in [5, 5.41) is 21.1. The number of carbonyl (C=O) groups is 2. The lowest BCUT2D eigenvalue weighted by molar-refractivity contribution is -0.253. The molecule has 6 rings (SSSR count). The van der Waals surface area contributed by atoms with E-state index in [0.29, 0.717) is 25.1 Å². The molecule has 2 amide bonds. The largest absolute Gasteiger partial charge is 0.392 e. The van der Waals surface area contributed by atoms with Crippen LogP contribution in [0.4, 0.5) is 5.69 Å². The van der Waals surface area contributed by atoms with Crippen molar-refractivity contribution in [1.82, 2.24) is 19.9 Å². The first-order chi connectivity index (χ1) is 22.9. The molecule has 0 bridgehead atoms. The molecule has 5 N–H and O–H groups in total. The number of aliphatic hydroxyl groups excluding tert-OH is 1. The summed E-state index contributed by atoms with van der Waals surface area (Å²) in [6, 6.07) is 23.1. The van der Waals surface area contributed by atoms with Gasteiger partial charge in [0, 0.05) is 56.2 Å². The monoisotopic (exact) mass is 643 g/mol. The first-order valence-electron chi connectivity index (χ1n) is 16.1. The molecule has 47 heavy (non-hydrogen) atoms. The molecule has 1 aromatic heterocycles. The number of amides is 2. The van der Waals surface area contributed by atoms with Crippen molar-refractivity contribution >= 4 is 28.5 Å². The molecule has 2 saturated heterocycles. The number of piperidine rings is 1. The van der Waals surface area contributed by atoms with Gasteiger partial charge >= 0.3 is 5.69 Å². The van der Waals surface area contributed by atoms with Crippen LogP contribution in [0.3, 0.4) is 0 Å². The Balaban J connectivity index is 1.13. The Morgan fingerprint density at radius 1 is 0.915 bits per heavy atom. The number of H-pyrrole nitrogens is 1. The molecule has 2 fully saturated rings. The molecule has 0 unspecified atom stereocenters. The smallest absolute Gasteiger partial charge is 0.326 e. The molecule has 4 aromatic rings. The molecular weight excluding hydrogens is 602 g/mol. The third-order valence-electron chi connectivity index (χ3n) is 9.00. The van der Waals surface area contributed by atoms with Crippen LogP contribution in [-0.4, -0.2) is 62.3 Å². The van der Waals surface area contributed by atoms with Crippen molar-refractivity contribution in [3.8, 4) is 0 Å². The zero-order valence-electron chi connectivity index (χ0n) is 26.1. The number of anilines is 1. The number of likely N-dealkylation sites (tertiary alicyclic amines) is 1. The predicted octanol–water partition coefficient (Wildman–Crippen LogP) is 4.32. The van der Waals surface area contributed by atoms with Gasteiger partial charge in [-0.05, 0) is 54.7 Å². The number of ether oxygens (including phenoxy) is 2. The average Bonchev–Trinajstić information content (AvgIpc) is 3.44. The summed E-state index contributed by atoms with van der Waals surface area (Å²) >= 11 is 0. The standard InChI is InChI=1S/C35H41N5O7/c41-22-23-11-13-24(14-12-23)31-20-28(21-39-17-15-27(16-18-39)40-30-8-2-1-7-29(30)37-35(40)44)46-34(47-31)25-5-3-6-26(19-25)36-32(42)9-4-10-33(43)38-45/h1-3,5-8,11-14,19,27-28,31,34,41,45H,4,9-10,15-18,20-22H2,(H,36,42)(H,37,44)(H,38,43)/t28-,31+,34+/m1/s1. The van der Waals surface area contributed by atoms with Gasteiger partial charge in [-0.15, -0.1) is 0 Å². The summed E-state index contributed by atoms with van der Waals surface area (Å²) in [4.78, 5) is 41.9. The number of para-hydroxylation sites is 2. The number of rotatable bonds is 11. The van der Waals surface area contributed by atoms with Crippen molar-refractivity contribution in [3.05, 3.63) is 100.0 Å². The highest BCUT2D eigenvalue weighted by Crippen LogP contribution is 2.39. The zero-order chi connectivity index (χ0) is 32.8. The molecule has 12 nitrogen and oxygen atoms in total. The second-order valence-corrected chi connectivity index (χ2v) is 12.3. The summed E-state index contributed by atoms with van der Waals surface area (Å²) in [6.07, 6.45) is 1.78. The van der Waals surface area contributed by atoms with Gasteiger partial charge in [0.15, 0.2) is 6.29 Å². The predicted molar refractivity (Wildman–Crippen MR) is 175 cm³/mol. The van der Waals surface area contributed by atoms with Gasteiger partial charge in [-0.2, -0.15) is 0 Å². The zero-order valence-corrected chi connectivity index (χ0v) is 26.1. The topological polar surface area (TPSA) is 158 Å². The number of hydroxylamine groups is 1. The molecule has 0 spiro atoms. The number of fused-ring (bicyclic) bond motifs is 1. The molecule has 3 heterocycles. The number of imidazole rings is 1. The molecule has 248 valence electrons. The number of aromatic nitrogens is 2. The second kappa shape index (κ2) is 15.1. The van der Waals surface area contributed by atoms with E-state index in [0.717, 1.165) is 53.7 Å². The number of aliphatic hydroxyl groups is 1. The van der Waals surface area contributed by atoms with Gasteiger partial charge in [-0.3, -0.25) is 19.4 Å². The number of hydrogen-bond acceptors (Lipinski definition) is 8. The molecule has 2 aliphatic heterocycles. The van der Waals surface area contributed by atoms with Gasteiger partial charge in [-0.25, -0.2) is 10.3 Å². The van der Waals surface area contributed by atoms with E-state index < -0.39 is 12.2 Å². The van der Waals surface area contributed by atoms with E-state index in [1.807, 2.05) is 71.3 Å². The van der Waals surface area contributed by atoms with Crippen molar-refractivity contribution in [2.45, 2.75) is 69.7 Å². The Kier molecular flexibility index (Phi) is 10.4. The second-order valence-electron chi connectivity index (χ2n) is 12.3. The van der Waals surface area contributed by atoms with Gasteiger partial charge in [0.1, 0.15) is 0 Å². The van der Waals surface area contributed by atoms with Crippen LogP contribution >= 0.6 is 0 Å². The number of carbonyl (C=O) groups excluding carboxylic acids is 2. The van der Waals surface area contributed by atoms with Crippen LogP contribution < -0.4 is 16.5 Å². The normalized spacial score (nSPS) is 20.7. The van der Waals surface area contributed by atoms with Gasteiger partial charge in [0.25, 0.3) is 0 Å². The van der Waals surface area contributed by atoms with Crippen molar-refractivity contribution in [2.75, 3.05) is 25.0 Å². The van der Waals surface area contributed by atoms with E-state index in [4.69, 9.17) is 14.7 Å². The SMILES string of the molecule is O=C(CCCC(=O)Nc1cccc([C@H]2O[C@@H](CN3CCC(n4c(=O)[nH]c5ccccc54)CC3)C[C@@H](c3ccc(CO)cc3)O2)c1)NO. The van der Waals surface area contributed by atoms with Crippen molar-refractivity contribution in [3.63, 3.8) is 0 Å². The molecule has 0 radical (unpaired) electrons. The van der Waals surface area contributed by atoms with Crippen LogP contribution in [0.5, 0.6) is 0 Å². The maximum atomic E-state index is 12.8. The minimum absolute atomic E-state index is 0.0338. The summed E-state index contributed by atoms with van der Waals surface area (Å²) in [5.74, 6) is -0.771. The Morgan fingerprint density at radius 3 is 2.45 bits per heavy atom. The fourth-order valence-corrected chi connectivity index (χ4v) is 6.57. The van der Waals surface area contributed by atoms with E-state index in [1.54, 1.807) is 11.5 Å². The maximum Gasteiger partial charge on any atom is 0.326 e. The quantitative estimate of drug-likeness (QED) is 0.119. The highest BCUT2D eigenvalue weighted by Gasteiger charge is 2.34. The van der Waals surface area contributed by atoms with Gasteiger partial charge in [0.05, 0.1) is 29.8 Å². The van der Waals surface area contributed by atoms with Crippen molar-refractivity contribution in [2.24, 2.45) is 0 Å². The maximum absolute atomic E-state index is 12.8. The molecule has 2 aliphatic rings. The van der Waals surface area contributed by atoms with Gasteiger partial charge in [-0.1, -0.05) is 48.5 Å². The summed E-state index contributed by atoms with van der Waals surface area (Å²) in [7, 11) is 0. The molecule has 0 saturated carbocycles. The summed E-state index contributed by atoms with van der Waals surface area (Å²) in [6.45, 7) is 2.34. The lowest BCUT2D eigenvalue weighted by atomic mass is 9.98. The molecule has 3 atom stereocenters. The first-order valence-corrected chi connectivity index (χ1v) is 16.1. The summed E-state index contributed by atoms with van der Waals surface area (Å²) < 4.78 is 15.0. The third kappa shape index (κ3) is 7.98. The summed E-state index contributed by atoms with van der Waals surface area (Å²) in [5.41, 5.74) is 6.48. The fourth-order valence-electron chi connectivity index (χ4n) is 6.57. The highest BCUT2D eigenvalue weighted by atomic mass is 16.7. The van der Waals surface area contributed by atoms with E-state index in [1.165, 1.54) is 0 Å². The first kappa shape index (κ1) is 32.6. The van der Waals surface area contributed by atoms with Crippen LogP contribution in [-0.2, 0) is 25.7 Å². The van der Waals surface area contributed by atoms with Gasteiger partial charge < -0.3 is 29.8 Å². The van der Waals surface area contributed by atoms with Gasteiger partial charge in [0.2, 0.25) is 11.8 Å². The third-order valence-corrected chi connectivity index (χ3v) is 9.00. The van der Waals surface area contributed by atoms with Crippen LogP contribution in [0.2, 0.25) is 0 Å². The Hall–Kier alpha value is -4.33. The number of nitrogens with one attached hydrogen (secondary N) is 3.